The van der Waals surface area contributed by atoms with Crippen LogP contribution in [-0.2, 0) is 10.8 Å². The summed E-state index contributed by atoms with van der Waals surface area (Å²) in [4.78, 5) is 14.4. The van der Waals surface area contributed by atoms with Gasteiger partial charge in [0, 0.05) is 29.2 Å². The molecule has 5 heterocycles. The Bertz CT molecular complexity index is 3560. The monoisotopic (exact) mass is 829 g/mol. The molecule has 65 heavy (non-hydrogen) atoms. The number of hydrogen-bond donors (Lipinski definition) is 0. The van der Waals surface area contributed by atoms with Gasteiger partial charge in [-0.15, -0.1) is 0 Å². The maximum absolute atomic E-state index is 4.98. The summed E-state index contributed by atoms with van der Waals surface area (Å²) in [5.41, 5.74) is 19.9. The highest BCUT2D eigenvalue weighted by atomic mass is 15.2. The number of benzene rings is 8. The molecule has 0 bridgehead atoms. The van der Waals surface area contributed by atoms with Crippen molar-refractivity contribution in [1.29, 1.82) is 0 Å². The fourth-order valence-electron chi connectivity index (χ4n) is 12.1. The van der Waals surface area contributed by atoms with Crippen LogP contribution in [0.25, 0.3) is 27.6 Å². The molecule has 0 unspecified atom stereocenters. The Morgan fingerprint density at radius 1 is 0.323 bits per heavy atom. The molecule has 304 valence electrons. The van der Waals surface area contributed by atoms with Gasteiger partial charge in [-0.05, 0) is 123 Å². The summed E-state index contributed by atoms with van der Waals surface area (Å²) in [6.07, 6.45) is 5.63. The number of fused-ring (bicyclic) bond motifs is 17. The van der Waals surface area contributed by atoms with E-state index in [1.807, 2.05) is 30.7 Å². The molecule has 0 saturated heterocycles. The lowest BCUT2D eigenvalue weighted by Crippen LogP contribution is -2.49. The van der Waals surface area contributed by atoms with Crippen LogP contribution < -0.4 is 9.80 Å². The largest absolute Gasteiger partial charge is 0.310 e. The lowest BCUT2D eigenvalue weighted by molar-refractivity contribution is 0.607. The average Bonchev–Trinajstić information content (AvgIpc) is 3.71. The van der Waals surface area contributed by atoms with Crippen LogP contribution in [0.1, 0.15) is 44.5 Å². The molecule has 0 fully saturated rings. The minimum absolute atomic E-state index is 0.627. The van der Waals surface area contributed by atoms with E-state index in [2.05, 4.69) is 226 Å². The maximum Gasteiger partial charge on any atom is 0.0964 e. The first kappa shape index (κ1) is 36.0. The second-order valence-electron chi connectivity index (χ2n) is 17.3. The van der Waals surface area contributed by atoms with Crippen molar-refractivity contribution in [3.63, 3.8) is 0 Å². The molecule has 8 aromatic carbocycles. The molecule has 0 N–H and O–H groups in total. The second-order valence-corrected chi connectivity index (χ2v) is 17.3. The summed E-state index contributed by atoms with van der Waals surface area (Å²) in [5, 5.41) is 1.09. The molecule has 11 aromatic rings. The van der Waals surface area contributed by atoms with Gasteiger partial charge in [-0.25, -0.2) is 0 Å². The highest BCUT2D eigenvalue weighted by Gasteiger charge is 2.58. The third kappa shape index (κ3) is 4.61. The number of pyridine rings is 2. The van der Waals surface area contributed by atoms with Crippen LogP contribution in [0, 0.1) is 0 Å². The Kier molecular flexibility index (Phi) is 7.47. The Morgan fingerprint density at radius 2 is 0.754 bits per heavy atom. The van der Waals surface area contributed by atoms with Gasteiger partial charge in [-0.1, -0.05) is 140 Å². The minimum atomic E-state index is -0.662. The molecule has 1 aliphatic carbocycles. The summed E-state index contributed by atoms with van der Waals surface area (Å²) in [6, 6.07) is 80.9. The van der Waals surface area contributed by atoms with Crippen molar-refractivity contribution < 1.29 is 0 Å². The van der Waals surface area contributed by atoms with E-state index < -0.39 is 10.8 Å². The molecule has 2 spiro atoms. The smallest absolute Gasteiger partial charge is 0.0964 e. The summed E-state index contributed by atoms with van der Waals surface area (Å²) in [7, 11) is 0. The van der Waals surface area contributed by atoms with Crippen molar-refractivity contribution in [3.05, 3.63) is 281 Å². The zero-order chi connectivity index (χ0) is 42.7. The van der Waals surface area contributed by atoms with Gasteiger partial charge in [0.15, 0.2) is 0 Å². The lowest BCUT2D eigenvalue weighted by atomic mass is 9.49. The highest BCUT2D eigenvalue weighted by Crippen LogP contribution is 2.68. The first-order chi connectivity index (χ1) is 32.3. The zero-order valence-corrected chi connectivity index (χ0v) is 35.3. The summed E-state index contributed by atoms with van der Waals surface area (Å²) >= 11 is 0. The molecule has 0 saturated carbocycles. The zero-order valence-electron chi connectivity index (χ0n) is 35.3. The lowest BCUT2D eigenvalue weighted by Gasteiger charge is -2.56. The molecule has 3 aromatic heterocycles. The standard InChI is InChI=1S/C60H39N5/c1-2-18-40(19-3-1)63-53-29-12-8-25-48(53)59(49-26-9-13-30-54(49)63)44-21-4-6-23-46(44)60(47-24-7-5-22-45(47)59)50-27-10-14-31-55(50)64(56-32-15-11-28-51(56)60)41-34-35-52-43(38-41)58-57(33-17-37-62-58)65(52)42-20-16-36-61-39-42/h1-39H. The first-order valence-corrected chi connectivity index (χ1v) is 22.3. The van der Waals surface area contributed by atoms with E-state index >= 15 is 0 Å². The normalized spacial score (nSPS) is 14.6. The average molecular weight is 830 g/mol. The van der Waals surface area contributed by atoms with E-state index in [1.54, 1.807) is 0 Å². The molecule has 2 aliphatic heterocycles. The number of para-hydroxylation sites is 5. The predicted octanol–water partition coefficient (Wildman–Crippen LogP) is 14.2. The summed E-state index contributed by atoms with van der Waals surface area (Å²) in [5.74, 6) is 0. The van der Waals surface area contributed by atoms with E-state index in [0.29, 0.717) is 0 Å². The summed E-state index contributed by atoms with van der Waals surface area (Å²) in [6.45, 7) is 0. The van der Waals surface area contributed by atoms with E-state index in [1.165, 1.54) is 55.9 Å². The van der Waals surface area contributed by atoms with Crippen molar-refractivity contribution in [1.82, 2.24) is 14.5 Å². The van der Waals surface area contributed by atoms with Gasteiger partial charge in [0.1, 0.15) is 0 Å². The van der Waals surface area contributed by atoms with Crippen LogP contribution in [0.2, 0.25) is 0 Å². The van der Waals surface area contributed by atoms with Crippen molar-refractivity contribution in [2.75, 3.05) is 9.80 Å². The Hall–Kier alpha value is -8.54. The number of rotatable bonds is 3. The molecule has 0 atom stereocenters. The van der Waals surface area contributed by atoms with Gasteiger partial charge in [0.2, 0.25) is 0 Å². The molecule has 14 rings (SSSR count). The maximum atomic E-state index is 4.98. The Balaban J connectivity index is 1.06. The van der Waals surface area contributed by atoms with Crippen molar-refractivity contribution >= 4 is 56.1 Å². The van der Waals surface area contributed by atoms with Crippen LogP contribution in [-0.4, -0.2) is 14.5 Å². The number of aromatic nitrogens is 3. The van der Waals surface area contributed by atoms with E-state index in [0.717, 1.165) is 50.4 Å². The Labute approximate surface area is 376 Å². The van der Waals surface area contributed by atoms with Crippen LogP contribution in [0.3, 0.4) is 0 Å². The van der Waals surface area contributed by atoms with Crippen molar-refractivity contribution in [3.8, 4) is 5.69 Å². The van der Waals surface area contributed by atoms with Gasteiger partial charge in [-0.2, -0.15) is 0 Å². The fraction of sp³-hybridized carbons (Fsp3) is 0.0333. The minimum Gasteiger partial charge on any atom is -0.310 e. The summed E-state index contributed by atoms with van der Waals surface area (Å²) < 4.78 is 2.27. The van der Waals surface area contributed by atoms with Crippen LogP contribution in [0.5, 0.6) is 0 Å². The SMILES string of the molecule is c1ccc(N2c3ccccc3C3(c4ccccc42)c2ccccc2C2(c4ccccc4N(c4ccc5c(c4)c4ncccc4n5-c4cccnc4)c4ccccc42)c2ccccc23)cc1. The van der Waals surface area contributed by atoms with Gasteiger partial charge in [-0.3, -0.25) is 9.97 Å². The van der Waals surface area contributed by atoms with Gasteiger partial charge in [0.25, 0.3) is 0 Å². The number of nitrogens with zero attached hydrogens (tertiary/aromatic N) is 5. The van der Waals surface area contributed by atoms with Crippen LogP contribution >= 0.6 is 0 Å². The second kappa shape index (κ2) is 13.5. The first-order valence-electron chi connectivity index (χ1n) is 22.3. The van der Waals surface area contributed by atoms with Crippen molar-refractivity contribution in [2.24, 2.45) is 0 Å². The van der Waals surface area contributed by atoms with Gasteiger partial charge < -0.3 is 14.4 Å². The van der Waals surface area contributed by atoms with E-state index in [-0.39, 0.29) is 0 Å². The molecule has 3 aliphatic rings. The van der Waals surface area contributed by atoms with Crippen LogP contribution in [0.15, 0.2) is 237 Å². The Morgan fingerprint density at radius 3 is 1.25 bits per heavy atom. The molecule has 5 heteroatoms. The third-order valence-electron chi connectivity index (χ3n) is 14.3. The van der Waals surface area contributed by atoms with Crippen LogP contribution in [0.4, 0.5) is 34.1 Å². The molecular formula is C60H39N5. The van der Waals surface area contributed by atoms with E-state index in [4.69, 9.17) is 4.98 Å². The highest BCUT2D eigenvalue weighted by molar-refractivity contribution is 6.09. The van der Waals surface area contributed by atoms with Gasteiger partial charge >= 0.3 is 0 Å². The molecule has 0 radical (unpaired) electrons. The quantitative estimate of drug-likeness (QED) is 0.178. The third-order valence-corrected chi connectivity index (χ3v) is 14.3. The van der Waals surface area contributed by atoms with E-state index in [9.17, 15) is 0 Å². The fourth-order valence-corrected chi connectivity index (χ4v) is 12.1. The number of hydrogen-bond acceptors (Lipinski definition) is 4. The van der Waals surface area contributed by atoms with Gasteiger partial charge in [0.05, 0.1) is 62.0 Å². The molecular weight excluding hydrogens is 791 g/mol. The van der Waals surface area contributed by atoms with Crippen molar-refractivity contribution in [2.45, 2.75) is 10.8 Å². The number of anilines is 6. The predicted molar refractivity (Wildman–Crippen MR) is 263 cm³/mol. The molecule has 5 nitrogen and oxygen atoms in total. The topological polar surface area (TPSA) is 37.2 Å². The molecule has 0 amide bonds.